The molecule has 23 heavy (non-hydrogen) atoms. The summed E-state index contributed by atoms with van der Waals surface area (Å²) in [5.41, 5.74) is -4.31. The number of carboxylic acids is 1. The van der Waals surface area contributed by atoms with Crippen LogP contribution in [0.3, 0.4) is 0 Å². The Labute approximate surface area is 132 Å². The number of alkyl halides is 3. The number of hydrogen-bond acceptors (Lipinski definition) is 5. The molecule has 0 aromatic heterocycles. The summed E-state index contributed by atoms with van der Waals surface area (Å²) in [5, 5.41) is 33.3. The predicted molar refractivity (Wildman–Crippen MR) is 70.3 cm³/mol. The third-order valence-electron chi connectivity index (χ3n) is 3.11. The first-order chi connectivity index (χ1) is 10.4. The fraction of sp³-hybridized carbons (Fsp3) is 0.417. The van der Waals surface area contributed by atoms with Crippen molar-refractivity contribution >= 4 is 23.3 Å². The summed E-state index contributed by atoms with van der Waals surface area (Å²) in [5.74, 6) is -6.41. The fourth-order valence-corrected chi connectivity index (χ4v) is 1.65. The van der Waals surface area contributed by atoms with Crippen LogP contribution in [0.5, 0.6) is 5.75 Å². The molecule has 0 heterocycles. The van der Waals surface area contributed by atoms with E-state index in [1.54, 1.807) is 0 Å². The molecule has 0 spiro atoms. The number of rotatable bonds is 5. The van der Waals surface area contributed by atoms with Crippen LogP contribution in [0.1, 0.15) is 6.92 Å². The lowest BCUT2D eigenvalue weighted by Gasteiger charge is -2.31. The molecule has 128 valence electrons. The minimum absolute atomic E-state index is 0.340. The number of hydrogen-bond donors (Lipinski definition) is 3. The zero-order valence-corrected chi connectivity index (χ0v) is 12.2. The molecule has 1 aromatic carbocycles. The second-order valence-corrected chi connectivity index (χ2v) is 5.02. The van der Waals surface area contributed by atoms with Crippen LogP contribution in [-0.2, 0) is 4.79 Å². The van der Waals surface area contributed by atoms with Crippen LogP contribution in [0.2, 0.25) is 5.02 Å². The van der Waals surface area contributed by atoms with Crippen molar-refractivity contribution in [2.24, 2.45) is 16.1 Å². The third kappa shape index (κ3) is 3.88. The van der Waals surface area contributed by atoms with Crippen LogP contribution >= 0.6 is 11.6 Å². The van der Waals surface area contributed by atoms with E-state index in [0.717, 1.165) is 12.1 Å². The molecule has 0 aliphatic carbocycles. The number of halogens is 5. The van der Waals surface area contributed by atoms with E-state index >= 15 is 0 Å². The van der Waals surface area contributed by atoms with Gasteiger partial charge in [-0.15, -0.1) is 0 Å². The second kappa shape index (κ2) is 6.67. The SMILES string of the molecule is CC(C(=O)O)C(O)(CN=Nc1ccc(Cl)c(O)c1F)C(F)(F)F. The van der Waals surface area contributed by atoms with E-state index in [2.05, 4.69) is 10.2 Å². The molecule has 0 saturated carbocycles. The van der Waals surface area contributed by atoms with E-state index in [-0.39, 0.29) is 5.02 Å². The monoisotopic (exact) mass is 358 g/mol. The van der Waals surface area contributed by atoms with Crippen LogP contribution in [-0.4, -0.2) is 39.6 Å². The molecular weight excluding hydrogens is 348 g/mol. The van der Waals surface area contributed by atoms with Gasteiger partial charge in [-0.05, 0) is 19.1 Å². The number of phenols is 1. The highest BCUT2D eigenvalue weighted by Crippen LogP contribution is 2.38. The Balaban J connectivity index is 3.09. The highest BCUT2D eigenvalue weighted by Gasteiger charge is 2.59. The molecule has 0 radical (unpaired) electrons. The zero-order valence-electron chi connectivity index (χ0n) is 11.5. The lowest BCUT2D eigenvalue weighted by Crippen LogP contribution is -2.55. The molecule has 0 fully saturated rings. The van der Waals surface area contributed by atoms with Gasteiger partial charge >= 0.3 is 12.1 Å². The largest absolute Gasteiger partial charge is 0.504 e. The molecule has 2 atom stereocenters. The highest BCUT2D eigenvalue weighted by molar-refractivity contribution is 6.32. The first-order valence-corrected chi connectivity index (χ1v) is 6.36. The quantitative estimate of drug-likeness (QED) is 0.555. The van der Waals surface area contributed by atoms with Gasteiger partial charge in [0.15, 0.2) is 17.2 Å². The van der Waals surface area contributed by atoms with Crippen molar-refractivity contribution in [3.8, 4) is 5.75 Å². The van der Waals surface area contributed by atoms with Gasteiger partial charge in [0.2, 0.25) is 0 Å². The average molecular weight is 359 g/mol. The normalized spacial score (nSPS) is 16.3. The molecule has 1 rings (SSSR count). The summed E-state index contributed by atoms with van der Waals surface area (Å²) < 4.78 is 52.2. The topological polar surface area (TPSA) is 102 Å². The molecule has 0 bridgehead atoms. The number of aliphatic hydroxyl groups is 1. The zero-order chi connectivity index (χ0) is 18.0. The van der Waals surface area contributed by atoms with Gasteiger partial charge in [-0.25, -0.2) is 4.39 Å². The number of carboxylic acid groups (broad SMARTS) is 1. The first-order valence-electron chi connectivity index (χ1n) is 5.98. The summed E-state index contributed by atoms with van der Waals surface area (Å²) in [4.78, 5) is 10.7. The Morgan fingerprint density at radius 3 is 2.43 bits per heavy atom. The van der Waals surface area contributed by atoms with Gasteiger partial charge in [0.05, 0.1) is 17.5 Å². The molecule has 0 amide bonds. The number of benzene rings is 1. The van der Waals surface area contributed by atoms with E-state index in [1.807, 2.05) is 0 Å². The Morgan fingerprint density at radius 2 is 1.96 bits per heavy atom. The highest BCUT2D eigenvalue weighted by atomic mass is 35.5. The van der Waals surface area contributed by atoms with Crippen molar-refractivity contribution in [3.05, 3.63) is 23.0 Å². The maximum Gasteiger partial charge on any atom is 0.419 e. The summed E-state index contributed by atoms with van der Waals surface area (Å²) in [7, 11) is 0. The van der Waals surface area contributed by atoms with Gasteiger partial charge in [0, 0.05) is 0 Å². The summed E-state index contributed by atoms with van der Waals surface area (Å²) >= 11 is 5.41. The Hall–Kier alpha value is -1.94. The van der Waals surface area contributed by atoms with Crippen molar-refractivity contribution in [2.45, 2.75) is 18.7 Å². The number of nitrogens with zero attached hydrogens (tertiary/aromatic N) is 2. The number of azo groups is 1. The Bertz CT molecular complexity index is 638. The number of aliphatic carboxylic acids is 1. The summed E-state index contributed by atoms with van der Waals surface area (Å²) in [6.45, 7) is -0.813. The first kappa shape index (κ1) is 19.1. The Morgan fingerprint density at radius 1 is 1.39 bits per heavy atom. The number of carbonyl (C=O) groups is 1. The van der Waals surface area contributed by atoms with E-state index in [4.69, 9.17) is 16.7 Å². The molecule has 1 aromatic rings. The van der Waals surface area contributed by atoms with E-state index in [9.17, 15) is 32.6 Å². The van der Waals surface area contributed by atoms with Crippen LogP contribution in [0.4, 0.5) is 23.2 Å². The van der Waals surface area contributed by atoms with E-state index in [0.29, 0.717) is 6.92 Å². The maximum atomic E-state index is 13.5. The molecule has 3 N–H and O–H groups in total. The van der Waals surface area contributed by atoms with Gasteiger partial charge in [-0.3, -0.25) is 4.79 Å². The molecular formula is C12H11ClF4N2O4. The molecule has 0 aliphatic rings. The van der Waals surface area contributed by atoms with Crippen LogP contribution in [0.15, 0.2) is 22.4 Å². The lowest BCUT2D eigenvalue weighted by molar-refractivity contribution is -0.272. The minimum atomic E-state index is -5.30. The molecule has 6 nitrogen and oxygen atoms in total. The molecule has 0 saturated heterocycles. The lowest BCUT2D eigenvalue weighted by atomic mass is 9.88. The van der Waals surface area contributed by atoms with Gasteiger partial charge in [-0.1, -0.05) is 11.6 Å². The van der Waals surface area contributed by atoms with Gasteiger partial charge < -0.3 is 15.3 Å². The van der Waals surface area contributed by atoms with Crippen molar-refractivity contribution in [1.29, 1.82) is 0 Å². The Kier molecular flexibility index (Phi) is 5.54. The third-order valence-corrected chi connectivity index (χ3v) is 3.42. The van der Waals surface area contributed by atoms with Crippen LogP contribution in [0, 0.1) is 11.7 Å². The second-order valence-electron chi connectivity index (χ2n) is 4.61. The van der Waals surface area contributed by atoms with Gasteiger partial charge in [0.25, 0.3) is 0 Å². The van der Waals surface area contributed by atoms with Gasteiger partial charge in [-0.2, -0.15) is 23.4 Å². The maximum absolute atomic E-state index is 13.5. The molecule has 11 heteroatoms. The van der Waals surface area contributed by atoms with Crippen LogP contribution < -0.4 is 0 Å². The van der Waals surface area contributed by atoms with Gasteiger partial charge in [0.1, 0.15) is 5.69 Å². The van der Waals surface area contributed by atoms with Crippen molar-refractivity contribution in [1.82, 2.24) is 0 Å². The summed E-state index contributed by atoms with van der Waals surface area (Å²) in [6, 6.07) is 1.97. The smallest absolute Gasteiger partial charge is 0.419 e. The number of phenolic OH excluding ortho intramolecular Hbond substituents is 1. The standard InChI is InChI=1S/C12H11ClF4N2O4/c1-5(10(21)22)11(23,12(15,16)17)4-18-19-7-3-2-6(13)9(20)8(7)14/h2-3,5,20,23H,4H2,1H3,(H,21,22). The van der Waals surface area contributed by atoms with Crippen molar-refractivity contribution in [3.63, 3.8) is 0 Å². The van der Waals surface area contributed by atoms with Crippen LogP contribution in [0.25, 0.3) is 0 Å². The summed E-state index contributed by atoms with van der Waals surface area (Å²) in [6.07, 6.45) is -5.30. The molecule has 0 aliphatic heterocycles. The minimum Gasteiger partial charge on any atom is -0.504 e. The van der Waals surface area contributed by atoms with E-state index < -0.39 is 47.5 Å². The fourth-order valence-electron chi connectivity index (χ4n) is 1.50. The van der Waals surface area contributed by atoms with E-state index in [1.165, 1.54) is 0 Å². The van der Waals surface area contributed by atoms with Crippen molar-refractivity contribution < 1.29 is 37.7 Å². The number of aromatic hydroxyl groups is 1. The average Bonchev–Trinajstić information content (AvgIpc) is 2.44. The molecule has 2 unspecified atom stereocenters. The van der Waals surface area contributed by atoms with Crippen molar-refractivity contribution in [2.75, 3.05) is 6.54 Å². The predicted octanol–water partition coefficient (Wildman–Crippen LogP) is 3.28.